The highest BCUT2D eigenvalue weighted by Crippen LogP contribution is 2.16. The first-order chi connectivity index (χ1) is 9.26. The zero-order valence-corrected chi connectivity index (χ0v) is 12.6. The lowest BCUT2D eigenvalue weighted by molar-refractivity contribution is -0.137. The SMILES string of the molecule is CC(C)(C)OC(=O)NCC1CCN(CCC(=O)O)CC1. The fourth-order valence-electron chi connectivity index (χ4n) is 2.21. The second kappa shape index (κ2) is 7.47. The van der Waals surface area contributed by atoms with Gasteiger partial charge in [-0.3, -0.25) is 4.79 Å². The molecule has 1 fully saturated rings. The Kier molecular flexibility index (Phi) is 6.26. The highest BCUT2D eigenvalue weighted by atomic mass is 16.6. The van der Waals surface area contributed by atoms with Gasteiger partial charge in [-0.2, -0.15) is 0 Å². The zero-order valence-electron chi connectivity index (χ0n) is 12.6. The van der Waals surface area contributed by atoms with Crippen molar-refractivity contribution in [3.63, 3.8) is 0 Å². The van der Waals surface area contributed by atoms with Gasteiger partial charge in [0.25, 0.3) is 0 Å². The monoisotopic (exact) mass is 286 g/mol. The largest absolute Gasteiger partial charge is 0.481 e. The van der Waals surface area contributed by atoms with Crippen molar-refractivity contribution in [3.8, 4) is 0 Å². The summed E-state index contributed by atoms with van der Waals surface area (Å²) in [7, 11) is 0. The number of hydrogen-bond acceptors (Lipinski definition) is 4. The molecule has 0 atom stereocenters. The maximum Gasteiger partial charge on any atom is 0.407 e. The minimum atomic E-state index is -0.751. The molecule has 1 aliphatic heterocycles. The molecular formula is C14H26N2O4. The van der Waals surface area contributed by atoms with E-state index in [4.69, 9.17) is 9.84 Å². The molecule has 6 nitrogen and oxygen atoms in total. The van der Waals surface area contributed by atoms with E-state index in [1.165, 1.54) is 0 Å². The van der Waals surface area contributed by atoms with E-state index in [9.17, 15) is 9.59 Å². The lowest BCUT2D eigenvalue weighted by atomic mass is 9.97. The van der Waals surface area contributed by atoms with E-state index in [1.54, 1.807) is 0 Å². The Bertz CT molecular complexity index is 331. The standard InChI is InChI=1S/C14H26N2O4/c1-14(2,3)20-13(19)15-10-11-4-7-16(8-5-11)9-6-12(17)18/h11H,4-10H2,1-3H3,(H,15,19)(H,17,18). The van der Waals surface area contributed by atoms with Crippen LogP contribution in [-0.2, 0) is 9.53 Å². The fraction of sp³-hybridized carbons (Fsp3) is 0.857. The maximum absolute atomic E-state index is 11.5. The van der Waals surface area contributed by atoms with Crippen LogP contribution in [0.25, 0.3) is 0 Å². The molecule has 0 unspecified atom stereocenters. The molecular weight excluding hydrogens is 260 g/mol. The molecule has 0 aromatic rings. The van der Waals surface area contributed by atoms with E-state index in [-0.39, 0.29) is 12.5 Å². The number of nitrogens with zero attached hydrogens (tertiary/aromatic N) is 1. The molecule has 20 heavy (non-hydrogen) atoms. The van der Waals surface area contributed by atoms with E-state index in [2.05, 4.69) is 10.2 Å². The number of alkyl carbamates (subject to hydrolysis) is 1. The van der Waals surface area contributed by atoms with Crippen LogP contribution in [0.4, 0.5) is 4.79 Å². The summed E-state index contributed by atoms with van der Waals surface area (Å²) in [4.78, 5) is 24.2. The van der Waals surface area contributed by atoms with Gasteiger partial charge in [-0.05, 0) is 52.6 Å². The summed E-state index contributed by atoms with van der Waals surface area (Å²) in [6, 6.07) is 0. The van der Waals surface area contributed by atoms with Gasteiger partial charge in [0, 0.05) is 13.1 Å². The number of nitrogens with one attached hydrogen (secondary N) is 1. The van der Waals surface area contributed by atoms with Crippen LogP contribution in [-0.4, -0.2) is 53.8 Å². The first kappa shape index (κ1) is 16.8. The second-order valence-electron chi connectivity index (χ2n) is 6.31. The van der Waals surface area contributed by atoms with E-state index >= 15 is 0 Å². The summed E-state index contributed by atoms with van der Waals surface area (Å²) >= 11 is 0. The molecule has 1 heterocycles. The van der Waals surface area contributed by atoms with Crippen LogP contribution < -0.4 is 5.32 Å². The van der Waals surface area contributed by atoms with Gasteiger partial charge in [0.1, 0.15) is 5.60 Å². The Labute approximate surface area is 120 Å². The van der Waals surface area contributed by atoms with E-state index < -0.39 is 11.6 Å². The summed E-state index contributed by atoms with van der Waals surface area (Å²) in [6.45, 7) is 8.56. The molecule has 0 saturated carbocycles. The summed E-state index contributed by atoms with van der Waals surface area (Å²) in [5.74, 6) is -0.303. The van der Waals surface area contributed by atoms with Crippen LogP contribution >= 0.6 is 0 Å². The normalized spacial score (nSPS) is 17.8. The Morgan fingerprint density at radius 2 is 1.90 bits per heavy atom. The number of carbonyl (C=O) groups excluding carboxylic acids is 1. The van der Waals surface area contributed by atoms with Gasteiger partial charge in [-0.15, -0.1) is 0 Å². The van der Waals surface area contributed by atoms with Gasteiger partial charge < -0.3 is 20.1 Å². The topological polar surface area (TPSA) is 78.9 Å². The third kappa shape index (κ3) is 7.33. The number of hydrogen-bond donors (Lipinski definition) is 2. The molecule has 116 valence electrons. The third-order valence-corrected chi connectivity index (χ3v) is 3.28. The highest BCUT2D eigenvalue weighted by Gasteiger charge is 2.21. The van der Waals surface area contributed by atoms with E-state index in [0.717, 1.165) is 25.9 Å². The molecule has 0 bridgehead atoms. The van der Waals surface area contributed by atoms with Crippen LogP contribution in [0.1, 0.15) is 40.0 Å². The number of carboxylic acids is 1. The number of carbonyl (C=O) groups is 2. The van der Waals surface area contributed by atoms with Crippen molar-refractivity contribution in [2.45, 2.75) is 45.6 Å². The van der Waals surface area contributed by atoms with Gasteiger partial charge in [0.15, 0.2) is 0 Å². The van der Waals surface area contributed by atoms with Crippen molar-refractivity contribution in [1.29, 1.82) is 0 Å². The molecule has 1 aliphatic rings. The van der Waals surface area contributed by atoms with Crippen LogP contribution in [0.3, 0.4) is 0 Å². The molecule has 0 radical (unpaired) electrons. The minimum Gasteiger partial charge on any atom is -0.481 e. The number of ether oxygens (including phenoxy) is 1. The number of carboxylic acid groups (broad SMARTS) is 1. The van der Waals surface area contributed by atoms with Crippen molar-refractivity contribution in [3.05, 3.63) is 0 Å². The summed E-state index contributed by atoms with van der Waals surface area (Å²) < 4.78 is 5.19. The highest BCUT2D eigenvalue weighted by molar-refractivity contribution is 5.67. The smallest absolute Gasteiger partial charge is 0.407 e. The number of likely N-dealkylation sites (tertiary alicyclic amines) is 1. The van der Waals surface area contributed by atoms with Gasteiger partial charge in [-0.25, -0.2) is 4.79 Å². The Morgan fingerprint density at radius 3 is 2.40 bits per heavy atom. The summed E-state index contributed by atoms with van der Waals surface area (Å²) in [6.07, 6.45) is 1.79. The lowest BCUT2D eigenvalue weighted by Gasteiger charge is -2.31. The molecule has 1 rings (SSSR count). The van der Waals surface area contributed by atoms with E-state index in [1.807, 2.05) is 20.8 Å². The van der Waals surface area contributed by atoms with Gasteiger partial charge >= 0.3 is 12.1 Å². The fourth-order valence-corrected chi connectivity index (χ4v) is 2.21. The maximum atomic E-state index is 11.5. The van der Waals surface area contributed by atoms with Gasteiger partial charge in [0.05, 0.1) is 6.42 Å². The first-order valence-corrected chi connectivity index (χ1v) is 7.17. The van der Waals surface area contributed by atoms with E-state index in [0.29, 0.717) is 19.0 Å². The molecule has 0 spiro atoms. The molecule has 1 saturated heterocycles. The van der Waals surface area contributed by atoms with Crippen LogP contribution in [0.15, 0.2) is 0 Å². The molecule has 1 amide bonds. The van der Waals surface area contributed by atoms with Gasteiger partial charge in [-0.1, -0.05) is 0 Å². The lowest BCUT2D eigenvalue weighted by Crippen LogP contribution is -2.40. The predicted molar refractivity (Wildman–Crippen MR) is 75.7 cm³/mol. The predicted octanol–water partition coefficient (Wildman–Crippen LogP) is 1.70. The zero-order chi connectivity index (χ0) is 15.2. The molecule has 0 aromatic heterocycles. The van der Waals surface area contributed by atoms with Crippen LogP contribution in [0.5, 0.6) is 0 Å². The van der Waals surface area contributed by atoms with Crippen molar-refractivity contribution >= 4 is 12.1 Å². The molecule has 0 aliphatic carbocycles. The molecule has 0 aromatic carbocycles. The number of amides is 1. The second-order valence-corrected chi connectivity index (χ2v) is 6.31. The number of piperidine rings is 1. The summed E-state index contributed by atoms with van der Waals surface area (Å²) in [5.41, 5.74) is -0.468. The third-order valence-electron chi connectivity index (χ3n) is 3.28. The Morgan fingerprint density at radius 1 is 1.30 bits per heavy atom. The number of aliphatic carboxylic acids is 1. The van der Waals surface area contributed by atoms with Crippen molar-refractivity contribution < 1.29 is 19.4 Å². The Balaban J connectivity index is 2.16. The molecule has 6 heteroatoms. The van der Waals surface area contributed by atoms with Crippen LogP contribution in [0, 0.1) is 5.92 Å². The van der Waals surface area contributed by atoms with Gasteiger partial charge in [0.2, 0.25) is 0 Å². The van der Waals surface area contributed by atoms with Crippen molar-refractivity contribution in [1.82, 2.24) is 10.2 Å². The van der Waals surface area contributed by atoms with Crippen molar-refractivity contribution in [2.24, 2.45) is 5.92 Å². The van der Waals surface area contributed by atoms with Crippen molar-refractivity contribution in [2.75, 3.05) is 26.2 Å². The average Bonchev–Trinajstić information content (AvgIpc) is 2.33. The quantitative estimate of drug-likeness (QED) is 0.804. The Hall–Kier alpha value is -1.30. The minimum absolute atomic E-state index is 0.195. The molecule has 2 N–H and O–H groups in total. The number of rotatable bonds is 5. The first-order valence-electron chi connectivity index (χ1n) is 7.17. The average molecular weight is 286 g/mol. The summed E-state index contributed by atoms with van der Waals surface area (Å²) in [5, 5.41) is 11.4. The van der Waals surface area contributed by atoms with Crippen LogP contribution in [0.2, 0.25) is 0 Å².